The zero-order chi connectivity index (χ0) is 40.3. The van der Waals surface area contributed by atoms with Gasteiger partial charge in [0.25, 0.3) is 6.71 Å². The molecule has 5 heteroatoms. The molecule has 0 radical (unpaired) electrons. The van der Waals surface area contributed by atoms with Gasteiger partial charge in [0.15, 0.2) is 0 Å². The molecule has 13 rings (SSSR count). The predicted molar refractivity (Wildman–Crippen MR) is 255 cm³/mol. The fourth-order valence-electron chi connectivity index (χ4n) is 10.3. The van der Waals surface area contributed by atoms with Crippen LogP contribution in [0, 0.1) is 13.8 Å². The Labute approximate surface area is 353 Å². The molecule has 2 aromatic heterocycles. The van der Waals surface area contributed by atoms with E-state index in [2.05, 4.69) is 187 Å². The molecule has 0 unspecified atom stereocenters. The first-order chi connectivity index (χ1) is 30.1. The minimum absolute atomic E-state index is 0.0686. The number of benzene rings is 9. The first-order valence-corrected chi connectivity index (χ1v) is 21.0. The fraction of sp³-hybridized carbons (Fsp3) is 0.0357. The van der Waals surface area contributed by atoms with Crippen molar-refractivity contribution in [3.8, 4) is 22.3 Å². The Bertz CT molecular complexity index is 3580. The van der Waals surface area contributed by atoms with Crippen molar-refractivity contribution in [2.24, 2.45) is 0 Å². The zero-order valence-corrected chi connectivity index (χ0v) is 33.7. The van der Waals surface area contributed by atoms with Crippen LogP contribution in [-0.2, 0) is 0 Å². The Balaban J connectivity index is 0.955. The first-order valence-electron chi connectivity index (χ1n) is 21.0. The van der Waals surface area contributed by atoms with Gasteiger partial charge in [-0.2, -0.15) is 0 Å². The fourth-order valence-corrected chi connectivity index (χ4v) is 10.3. The summed E-state index contributed by atoms with van der Waals surface area (Å²) < 4.78 is 12.9. The zero-order valence-electron chi connectivity index (χ0n) is 33.7. The van der Waals surface area contributed by atoms with Gasteiger partial charge in [-0.3, -0.25) is 0 Å². The van der Waals surface area contributed by atoms with Crippen molar-refractivity contribution in [2.75, 3.05) is 9.80 Å². The highest BCUT2D eigenvalue weighted by atomic mass is 16.3. The maximum Gasteiger partial charge on any atom is 0.252 e. The molecule has 0 atom stereocenters. The second-order valence-electron chi connectivity index (χ2n) is 16.6. The van der Waals surface area contributed by atoms with Crippen molar-refractivity contribution in [3.63, 3.8) is 0 Å². The van der Waals surface area contributed by atoms with Gasteiger partial charge in [0.2, 0.25) is 0 Å². The van der Waals surface area contributed by atoms with E-state index in [1.165, 1.54) is 50.3 Å². The molecule has 4 heterocycles. The maximum atomic E-state index is 6.46. The summed E-state index contributed by atoms with van der Waals surface area (Å²) in [5, 5.41) is 4.55. The number of anilines is 6. The first kappa shape index (κ1) is 34.1. The van der Waals surface area contributed by atoms with Crippen LogP contribution in [0.2, 0.25) is 0 Å². The van der Waals surface area contributed by atoms with Crippen LogP contribution in [0.15, 0.2) is 197 Å². The van der Waals surface area contributed by atoms with Gasteiger partial charge >= 0.3 is 0 Å². The molecular weight excluding hydrogens is 743 g/mol. The van der Waals surface area contributed by atoms with E-state index in [0.29, 0.717) is 0 Å². The Morgan fingerprint density at radius 2 is 0.869 bits per heavy atom. The lowest BCUT2D eigenvalue weighted by Gasteiger charge is -2.44. The van der Waals surface area contributed by atoms with Crippen LogP contribution < -0.4 is 26.2 Å². The van der Waals surface area contributed by atoms with E-state index in [4.69, 9.17) is 8.83 Å². The summed E-state index contributed by atoms with van der Waals surface area (Å²) in [5.41, 5.74) is 21.5. The Kier molecular flexibility index (Phi) is 7.20. The minimum Gasteiger partial charge on any atom is -0.455 e. The van der Waals surface area contributed by atoms with Gasteiger partial charge in [-0.05, 0) is 108 Å². The molecule has 9 aromatic carbocycles. The van der Waals surface area contributed by atoms with E-state index in [-0.39, 0.29) is 6.71 Å². The standard InChI is InChI=1S/C56H37BN2O2/c1-34-21-31-48-47(32-34)57-46-30-20-35(2)33-51(46)59(39-28-24-37(25-29-39)41-13-8-15-45-43-11-4-6-19-53(43)61-56(41)45)50-17-9-16-49(54(50)57)58(48)38-26-22-36(23-27-38)40-12-7-14-44-42-10-3-5-18-52(42)60-55(40)44/h3-33H,1-2H3. The monoisotopic (exact) mass is 780 g/mol. The smallest absolute Gasteiger partial charge is 0.252 e. The SMILES string of the molecule is Cc1ccc2c(c1)B1c3ccc(C)cc3N(c3ccc(-c4cccc5c4oc4ccccc45)cc3)c3cccc(c31)N2c1ccc(-c2cccc3c2oc2ccccc23)cc1. The molecule has 0 amide bonds. The number of rotatable bonds is 4. The van der Waals surface area contributed by atoms with Crippen molar-refractivity contribution in [2.45, 2.75) is 13.8 Å². The van der Waals surface area contributed by atoms with E-state index in [1.807, 2.05) is 24.3 Å². The summed E-state index contributed by atoms with van der Waals surface area (Å²) in [5.74, 6) is 0. The summed E-state index contributed by atoms with van der Waals surface area (Å²) in [4.78, 5) is 4.93. The molecule has 61 heavy (non-hydrogen) atoms. The number of nitrogens with zero attached hydrogens (tertiary/aromatic N) is 2. The van der Waals surface area contributed by atoms with Crippen molar-refractivity contribution < 1.29 is 8.83 Å². The molecule has 0 saturated heterocycles. The Hall–Kier alpha value is -7.76. The highest BCUT2D eigenvalue weighted by molar-refractivity contribution is 7.00. The van der Waals surface area contributed by atoms with E-state index < -0.39 is 0 Å². The number of aryl methyl sites for hydroxylation is 2. The second kappa shape index (κ2) is 12.9. The quantitative estimate of drug-likeness (QED) is 0.167. The number of hydrogen-bond acceptors (Lipinski definition) is 4. The molecule has 4 nitrogen and oxygen atoms in total. The molecule has 0 aliphatic carbocycles. The largest absolute Gasteiger partial charge is 0.455 e. The third-order valence-corrected chi connectivity index (χ3v) is 13.0. The van der Waals surface area contributed by atoms with E-state index >= 15 is 0 Å². The molecular formula is C56H37BN2O2. The van der Waals surface area contributed by atoms with Gasteiger partial charge in [0.05, 0.1) is 0 Å². The lowest BCUT2D eigenvalue weighted by atomic mass is 9.33. The Morgan fingerprint density at radius 1 is 0.377 bits per heavy atom. The molecule has 286 valence electrons. The molecule has 0 fully saturated rings. The number of hydrogen-bond donors (Lipinski definition) is 0. The van der Waals surface area contributed by atoms with Gasteiger partial charge in [0.1, 0.15) is 22.3 Å². The number of fused-ring (bicyclic) bond motifs is 10. The summed E-state index contributed by atoms with van der Waals surface area (Å²) in [6.07, 6.45) is 0. The van der Waals surface area contributed by atoms with E-state index in [9.17, 15) is 0 Å². The van der Waals surface area contributed by atoms with E-state index in [0.717, 1.165) is 77.5 Å². The Morgan fingerprint density at radius 3 is 1.46 bits per heavy atom. The predicted octanol–water partition coefficient (Wildman–Crippen LogP) is 13.5. The van der Waals surface area contributed by atoms with Crippen molar-refractivity contribution in [3.05, 3.63) is 199 Å². The maximum absolute atomic E-state index is 6.46. The lowest BCUT2D eigenvalue weighted by Crippen LogP contribution is -2.61. The normalized spacial score (nSPS) is 13.0. The van der Waals surface area contributed by atoms with Gasteiger partial charge in [0, 0.05) is 66.8 Å². The average Bonchev–Trinajstić information content (AvgIpc) is 3.88. The van der Waals surface area contributed by atoms with Crippen LogP contribution in [-0.4, -0.2) is 6.71 Å². The van der Waals surface area contributed by atoms with Crippen LogP contribution >= 0.6 is 0 Å². The molecule has 2 aliphatic rings. The molecule has 0 spiro atoms. The molecule has 11 aromatic rings. The van der Waals surface area contributed by atoms with Gasteiger partial charge in [-0.25, -0.2) is 0 Å². The van der Waals surface area contributed by atoms with Crippen LogP contribution in [0.5, 0.6) is 0 Å². The van der Waals surface area contributed by atoms with Crippen LogP contribution in [0.4, 0.5) is 34.1 Å². The average molecular weight is 781 g/mol. The summed E-state index contributed by atoms with van der Waals surface area (Å²) >= 11 is 0. The van der Waals surface area contributed by atoms with Crippen molar-refractivity contribution in [1.29, 1.82) is 0 Å². The third-order valence-electron chi connectivity index (χ3n) is 13.0. The second-order valence-corrected chi connectivity index (χ2v) is 16.6. The molecule has 0 bridgehead atoms. The van der Waals surface area contributed by atoms with Crippen LogP contribution in [0.1, 0.15) is 11.1 Å². The number of furan rings is 2. The summed E-state index contributed by atoms with van der Waals surface area (Å²) in [6, 6.07) is 68.3. The third kappa shape index (κ3) is 5.01. The van der Waals surface area contributed by atoms with Gasteiger partial charge in [-0.15, -0.1) is 0 Å². The summed E-state index contributed by atoms with van der Waals surface area (Å²) in [7, 11) is 0. The highest BCUT2D eigenvalue weighted by Crippen LogP contribution is 2.46. The molecule has 0 saturated carbocycles. The van der Waals surface area contributed by atoms with Crippen molar-refractivity contribution >= 4 is 101 Å². The topological polar surface area (TPSA) is 32.8 Å². The highest BCUT2D eigenvalue weighted by Gasteiger charge is 2.43. The number of para-hydroxylation sites is 4. The van der Waals surface area contributed by atoms with Gasteiger partial charge < -0.3 is 18.6 Å². The summed E-state index contributed by atoms with van der Waals surface area (Å²) in [6.45, 7) is 4.47. The van der Waals surface area contributed by atoms with Gasteiger partial charge in [-0.1, -0.05) is 133 Å². The lowest BCUT2D eigenvalue weighted by molar-refractivity contribution is 0.669. The molecule has 2 aliphatic heterocycles. The van der Waals surface area contributed by atoms with Crippen LogP contribution in [0.25, 0.3) is 66.1 Å². The van der Waals surface area contributed by atoms with Crippen molar-refractivity contribution in [1.82, 2.24) is 0 Å². The van der Waals surface area contributed by atoms with Crippen LogP contribution in [0.3, 0.4) is 0 Å². The van der Waals surface area contributed by atoms with E-state index in [1.54, 1.807) is 0 Å². The minimum atomic E-state index is 0.0686. The molecule has 0 N–H and O–H groups in total.